The molecule has 0 fully saturated rings. The van der Waals surface area contributed by atoms with Gasteiger partial charge in [-0.05, 0) is 38.0 Å². The smallest absolute Gasteiger partial charge is 0.335 e. The van der Waals surface area contributed by atoms with Gasteiger partial charge in [0.05, 0.1) is 5.56 Å². The fraction of sp³-hybridized carbons (Fsp3) is 0.500. The summed E-state index contributed by atoms with van der Waals surface area (Å²) in [6.07, 6.45) is 0. The van der Waals surface area contributed by atoms with Crippen molar-refractivity contribution < 1.29 is 22.7 Å². The van der Waals surface area contributed by atoms with E-state index in [0.29, 0.717) is 0 Å². The first-order valence-corrected chi connectivity index (χ1v) is 8.06. The maximum absolute atomic E-state index is 14.0. The van der Waals surface area contributed by atoms with Crippen molar-refractivity contribution >= 4 is 16.0 Å². The molecule has 21 heavy (non-hydrogen) atoms. The zero-order valence-corrected chi connectivity index (χ0v) is 13.3. The standard InChI is InChI=1S/C14H20FNO4S/c1-9(2)8-16(10(3)4)21(19,20)13-6-5-11(14(17)18)7-12(13)15/h5-7,9-10H,8H2,1-4H3,(H,17,18). The molecule has 0 amide bonds. The first kappa shape index (κ1) is 17.6. The highest BCUT2D eigenvalue weighted by Gasteiger charge is 2.30. The van der Waals surface area contributed by atoms with Crippen molar-refractivity contribution in [2.24, 2.45) is 5.92 Å². The lowest BCUT2D eigenvalue weighted by Gasteiger charge is -2.27. The Labute approximate surface area is 124 Å². The van der Waals surface area contributed by atoms with Crippen LogP contribution in [0.5, 0.6) is 0 Å². The van der Waals surface area contributed by atoms with Crippen LogP contribution in [0, 0.1) is 11.7 Å². The molecule has 118 valence electrons. The number of rotatable bonds is 6. The number of benzene rings is 1. The van der Waals surface area contributed by atoms with Gasteiger partial charge >= 0.3 is 5.97 Å². The quantitative estimate of drug-likeness (QED) is 0.875. The summed E-state index contributed by atoms with van der Waals surface area (Å²) in [7, 11) is -4.00. The second-order valence-corrected chi connectivity index (χ2v) is 7.37. The van der Waals surface area contributed by atoms with E-state index in [9.17, 15) is 17.6 Å². The van der Waals surface area contributed by atoms with Crippen LogP contribution in [0.25, 0.3) is 0 Å². The van der Waals surface area contributed by atoms with Gasteiger partial charge in [-0.3, -0.25) is 0 Å². The summed E-state index contributed by atoms with van der Waals surface area (Å²) in [5.41, 5.74) is -0.286. The van der Waals surface area contributed by atoms with Gasteiger partial charge in [0.15, 0.2) is 0 Å². The molecule has 7 heteroatoms. The van der Waals surface area contributed by atoms with Gasteiger partial charge in [-0.2, -0.15) is 4.31 Å². The molecule has 0 aliphatic rings. The van der Waals surface area contributed by atoms with E-state index in [1.807, 2.05) is 13.8 Å². The molecular weight excluding hydrogens is 297 g/mol. The number of carboxylic acid groups (broad SMARTS) is 1. The molecular formula is C14H20FNO4S. The van der Waals surface area contributed by atoms with Crippen molar-refractivity contribution in [1.29, 1.82) is 0 Å². The molecule has 0 atom stereocenters. The van der Waals surface area contributed by atoms with Gasteiger partial charge in [-0.15, -0.1) is 0 Å². The van der Waals surface area contributed by atoms with E-state index in [1.165, 1.54) is 4.31 Å². The highest BCUT2D eigenvalue weighted by molar-refractivity contribution is 7.89. The van der Waals surface area contributed by atoms with Crippen LogP contribution in [0.3, 0.4) is 0 Å². The predicted molar refractivity (Wildman–Crippen MR) is 77.2 cm³/mol. The molecule has 0 saturated heterocycles. The zero-order chi connectivity index (χ0) is 16.4. The molecule has 0 aromatic heterocycles. The third-order valence-electron chi connectivity index (χ3n) is 2.89. The monoisotopic (exact) mass is 317 g/mol. The molecule has 0 unspecified atom stereocenters. The second-order valence-electron chi connectivity index (χ2n) is 5.51. The molecule has 1 aromatic carbocycles. The Balaban J connectivity index is 3.31. The van der Waals surface area contributed by atoms with E-state index in [-0.39, 0.29) is 24.1 Å². The van der Waals surface area contributed by atoms with Crippen molar-refractivity contribution in [2.75, 3.05) is 6.54 Å². The van der Waals surface area contributed by atoms with E-state index in [1.54, 1.807) is 13.8 Å². The van der Waals surface area contributed by atoms with Gasteiger partial charge in [0.25, 0.3) is 0 Å². The number of hydrogen-bond donors (Lipinski definition) is 1. The summed E-state index contributed by atoms with van der Waals surface area (Å²) in [4.78, 5) is 10.3. The van der Waals surface area contributed by atoms with Crippen molar-refractivity contribution in [1.82, 2.24) is 4.31 Å². The molecule has 5 nitrogen and oxygen atoms in total. The molecule has 0 radical (unpaired) electrons. The van der Waals surface area contributed by atoms with Crippen LogP contribution in [0.15, 0.2) is 23.1 Å². The highest BCUT2D eigenvalue weighted by atomic mass is 32.2. The summed E-state index contributed by atoms with van der Waals surface area (Å²) in [6.45, 7) is 7.43. The Morgan fingerprint density at radius 2 is 1.86 bits per heavy atom. The van der Waals surface area contributed by atoms with Crippen LogP contribution in [0.4, 0.5) is 4.39 Å². The van der Waals surface area contributed by atoms with Crippen LogP contribution in [-0.4, -0.2) is 36.4 Å². The SMILES string of the molecule is CC(C)CN(C(C)C)S(=O)(=O)c1ccc(C(=O)O)cc1F. The first-order valence-electron chi connectivity index (χ1n) is 6.62. The Kier molecular flexibility index (Phi) is 5.47. The fourth-order valence-electron chi connectivity index (χ4n) is 1.92. The molecule has 1 N–H and O–H groups in total. The minimum absolute atomic E-state index is 0.0866. The maximum Gasteiger partial charge on any atom is 0.335 e. The average Bonchev–Trinajstić information content (AvgIpc) is 2.34. The average molecular weight is 317 g/mol. The van der Waals surface area contributed by atoms with Gasteiger partial charge in [-0.1, -0.05) is 13.8 Å². The van der Waals surface area contributed by atoms with Crippen molar-refractivity contribution in [3.8, 4) is 0 Å². The molecule has 0 spiro atoms. The third-order valence-corrected chi connectivity index (χ3v) is 4.96. The third kappa shape index (κ3) is 4.01. The van der Waals surface area contributed by atoms with Gasteiger partial charge < -0.3 is 5.11 Å². The predicted octanol–water partition coefficient (Wildman–Crippen LogP) is 2.58. The zero-order valence-electron chi connectivity index (χ0n) is 12.5. The van der Waals surface area contributed by atoms with Gasteiger partial charge in [0, 0.05) is 12.6 Å². The van der Waals surface area contributed by atoms with E-state index in [4.69, 9.17) is 5.11 Å². The lowest BCUT2D eigenvalue weighted by Crippen LogP contribution is -2.39. The van der Waals surface area contributed by atoms with E-state index >= 15 is 0 Å². The Hall–Kier alpha value is -1.47. The van der Waals surface area contributed by atoms with Crippen LogP contribution in [0.1, 0.15) is 38.1 Å². The lowest BCUT2D eigenvalue weighted by atomic mass is 10.2. The van der Waals surface area contributed by atoms with E-state index < -0.39 is 26.7 Å². The van der Waals surface area contributed by atoms with Crippen molar-refractivity contribution in [3.05, 3.63) is 29.6 Å². The van der Waals surface area contributed by atoms with Gasteiger partial charge in [0.1, 0.15) is 10.7 Å². The molecule has 1 rings (SSSR count). The molecule has 0 bridgehead atoms. The van der Waals surface area contributed by atoms with Crippen LogP contribution in [-0.2, 0) is 10.0 Å². The van der Waals surface area contributed by atoms with E-state index in [2.05, 4.69) is 0 Å². The number of sulfonamides is 1. The van der Waals surface area contributed by atoms with E-state index in [0.717, 1.165) is 18.2 Å². The lowest BCUT2D eigenvalue weighted by molar-refractivity contribution is 0.0696. The number of nitrogens with zero attached hydrogens (tertiary/aromatic N) is 1. The minimum atomic E-state index is -4.00. The minimum Gasteiger partial charge on any atom is -0.478 e. The second kappa shape index (κ2) is 6.53. The van der Waals surface area contributed by atoms with Crippen LogP contribution < -0.4 is 0 Å². The van der Waals surface area contributed by atoms with Crippen molar-refractivity contribution in [2.45, 2.75) is 38.6 Å². The topological polar surface area (TPSA) is 74.7 Å². The fourth-order valence-corrected chi connectivity index (χ4v) is 3.76. The number of carboxylic acids is 1. The number of carbonyl (C=O) groups is 1. The molecule has 0 heterocycles. The summed E-state index contributed by atoms with van der Waals surface area (Å²) >= 11 is 0. The first-order chi connectivity index (χ1) is 9.57. The maximum atomic E-state index is 14.0. The summed E-state index contributed by atoms with van der Waals surface area (Å²) < 4.78 is 40.3. The van der Waals surface area contributed by atoms with Gasteiger partial charge in [-0.25, -0.2) is 17.6 Å². The van der Waals surface area contributed by atoms with Crippen LogP contribution >= 0.6 is 0 Å². The Morgan fingerprint density at radius 1 is 1.29 bits per heavy atom. The van der Waals surface area contributed by atoms with Crippen LogP contribution in [0.2, 0.25) is 0 Å². The molecule has 0 saturated carbocycles. The Bertz CT molecular complexity index is 626. The summed E-state index contributed by atoms with van der Waals surface area (Å²) in [6, 6.07) is 2.50. The normalized spacial score (nSPS) is 12.4. The molecule has 0 aliphatic carbocycles. The van der Waals surface area contributed by atoms with Crippen molar-refractivity contribution in [3.63, 3.8) is 0 Å². The summed E-state index contributed by atoms with van der Waals surface area (Å²) in [5.74, 6) is -2.27. The van der Waals surface area contributed by atoms with Gasteiger partial charge in [0.2, 0.25) is 10.0 Å². The highest BCUT2D eigenvalue weighted by Crippen LogP contribution is 2.23. The largest absolute Gasteiger partial charge is 0.478 e. The number of aromatic carboxylic acids is 1. The number of hydrogen-bond acceptors (Lipinski definition) is 3. The summed E-state index contributed by atoms with van der Waals surface area (Å²) in [5, 5.41) is 8.79. The Morgan fingerprint density at radius 3 is 2.24 bits per heavy atom. The number of halogens is 1. The molecule has 1 aromatic rings. The molecule has 0 aliphatic heterocycles.